The van der Waals surface area contributed by atoms with E-state index < -0.39 is 0 Å². The number of fused-ring (bicyclic) bond motifs is 8. The molecular weight excluding hydrogens is 548 g/mol. The third-order valence-corrected chi connectivity index (χ3v) is 10.5. The van der Waals surface area contributed by atoms with Gasteiger partial charge in [0.1, 0.15) is 11.2 Å². The summed E-state index contributed by atoms with van der Waals surface area (Å²) < 4.78 is 6.52. The molecule has 0 saturated carbocycles. The zero-order valence-corrected chi connectivity index (χ0v) is 25.9. The lowest BCUT2D eigenvalue weighted by molar-refractivity contribution is 0.660. The molecule has 1 heterocycles. The minimum Gasteiger partial charge on any atom is -0.456 e. The molecule has 2 nitrogen and oxygen atoms in total. The molecular formula is C43H32O2. The van der Waals surface area contributed by atoms with Crippen LogP contribution in [0, 0.1) is 0 Å². The van der Waals surface area contributed by atoms with Crippen LogP contribution >= 0.6 is 0 Å². The summed E-state index contributed by atoms with van der Waals surface area (Å²) in [5.41, 5.74) is 16.0. The van der Waals surface area contributed by atoms with E-state index >= 15 is 0 Å². The maximum atomic E-state index is 13.7. The van der Waals surface area contributed by atoms with E-state index in [0.717, 1.165) is 22.3 Å². The van der Waals surface area contributed by atoms with E-state index in [-0.39, 0.29) is 16.3 Å². The first-order valence-electron chi connectivity index (χ1n) is 15.7. The topological polar surface area (TPSA) is 30.2 Å². The van der Waals surface area contributed by atoms with Crippen LogP contribution in [0.5, 0.6) is 0 Å². The Morgan fingerprint density at radius 2 is 0.800 bits per heavy atom. The highest BCUT2D eigenvalue weighted by Crippen LogP contribution is 2.51. The molecule has 6 aromatic carbocycles. The molecule has 0 bridgehead atoms. The Labute approximate surface area is 262 Å². The summed E-state index contributed by atoms with van der Waals surface area (Å²) in [6.45, 7) is 9.19. The highest BCUT2D eigenvalue weighted by atomic mass is 16.3. The number of hydrogen-bond acceptors (Lipinski definition) is 2. The lowest BCUT2D eigenvalue weighted by Gasteiger charge is -2.22. The summed E-state index contributed by atoms with van der Waals surface area (Å²) in [6.07, 6.45) is 0. The van der Waals surface area contributed by atoms with Crippen molar-refractivity contribution in [1.29, 1.82) is 0 Å². The zero-order chi connectivity index (χ0) is 30.7. The second-order valence-electron chi connectivity index (χ2n) is 13.7. The highest BCUT2D eigenvalue weighted by Gasteiger charge is 2.36. The van der Waals surface area contributed by atoms with Gasteiger partial charge in [-0.15, -0.1) is 0 Å². The summed E-state index contributed by atoms with van der Waals surface area (Å²) in [7, 11) is 0. The Kier molecular flexibility index (Phi) is 5.20. The molecule has 9 rings (SSSR count). The van der Waals surface area contributed by atoms with E-state index in [0.29, 0.717) is 21.9 Å². The molecule has 0 N–H and O–H groups in total. The van der Waals surface area contributed by atoms with Gasteiger partial charge in [0.25, 0.3) is 0 Å². The number of rotatable bonds is 2. The van der Waals surface area contributed by atoms with Gasteiger partial charge >= 0.3 is 0 Å². The lowest BCUT2D eigenvalue weighted by atomic mass is 9.81. The van der Waals surface area contributed by atoms with E-state index in [4.69, 9.17) is 4.42 Å². The molecule has 2 aliphatic rings. The largest absolute Gasteiger partial charge is 0.456 e. The minimum absolute atomic E-state index is 0.000391. The minimum atomic E-state index is -0.0759. The third-order valence-electron chi connectivity index (χ3n) is 10.5. The molecule has 0 amide bonds. The summed E-state index contributed by atoms with van der Waals surface area (Å²) in [5.74, 6) is 0. The molecule has 216 valence electrons. The van der Waals surface area contributed by atoms with E-state index in [1.54, 1.807) is 0 Å². The zero-order valence-electron chi connectivity index (χ0n) is 25.9. The summed E-state index contributed by atoms with van der Waals surface area (Å²) in [6, 6.07) is 42.8. The van der Waals surface area contributed by atoms with Crippen molar-refractivity contribution in [3.05, 3.63) is 154 Å². The van der Waals surface area contributed by atoms with Crippen LogP contribution in [0.15, 0.2) is 131 Å². The predicted molar refractivity (Wildman–Crippen MR) is 186 cm³/mol. The lowest BCUT2D eigenvalue weighted by Crippen LogP contribution is -2.14. The molecule has 2 heteroatoms. The monoisotopic (exact) mass is 580 g/mol. The van der Waals surface area contributed by atoms with Crippen LogP contribution in [0.3, 0.4) is 0 Å². The average Bonchev–Trinajstić information content (AvgIpc) is 3.43. The van der Waals surface area contributed by atoms with Crippen molar-refractivity contribution in [3.8, 4) is 44.5 Å². The summed E-state index contributed by atoms with van der Waals surface area (Å²) >= 11 is 0. The molecule has 0 radical (unpaired) electrons. The summed E-state index contributed by atoms with van der Waals surface area (Å²) in [4.78, 5) is 13.7. The number of benzene rings is 6. The molecule has 1 aromatic heterocycles. The van der Waals surface area contributed by atoms with Gasteiger partial charge in [-0.25, -0.2) is 0 Å². The van der Waals surface area contributed by atoms with Gasteiger partial charge in [-0.3, -0.25) is 4.79 Å². The Bertz CT molecular complexity index is 2290. The fourth-order valence-corrected chi connectivity index (χ4v) is 7.98. The van der Waals surface area contributed by atoms with Gasteiger partial charge in [0, 0.05) is 10.8 Å². The van der Waals surface area contributed by atoms with Gasteiger partial charge in [0.05, 0.1) is 10.8 Å². The van der Waals surface area contributed by atoms with Crippen molar-refractivity contribution in [2.45, 2.75) is 38.5 Å². The first kappa shape index (κ1) is 26.2. The Morgan fingerprint density at radius 3 is 1.27 bits per heavy atom. The Balaban J connectivity index is 1.14. The van der Waals surface area contributed by atoms with Crippen molar-refractivity contribution in [3.63, 3.8) is 0 Å². The van der Waals surface area contributed by atoms with Gasteiger partial charge in [0.15, 0.2) is 0 Å². The molecule has 0 saturated heterocycles. The third kappa shape index (κ3) is 3.60. The van der Waals surface area contributed by atoms with Crippen molar-refractivity contribution in [2.24, 2.45) is 0 Å². The second kappa shape index (κ2) is 8.92. The second-order valence-corrected chi connectivity index (χ2v) is 13.7. The van der Waals surface area contributed by atoms with Gasteiger partial charge < -0.3 is 4.42 Å². The van der Waals surface area contributed by atoms with Crippen LogP contribution in [0.4, 0.5) is 0 Å². The molecule has 7 aromatic rings. The van der Waals surface area contributed by atoms with Gasteiger partial charge in [-0.05, 0) is 103 Å². The van der Waals surface area contributed by atoms with Gasteiger partial charge in [0.2, 0.25) is 5.43 Å². The highest BCUT2D eigenvalue weighted by molar-refractivity contribution is 5.94. The first-order valence-corrected chi connectivity index (χ1v) is 15.7. The smallest absolute Gasteiger partial charge is 0.200 e. The molecule has 0 spiro atoms. The van der Waals surface area contributed by atoms with Gasteiger partial charge in [-0.1, -0.05) is 113 Å². The number of hydrogen-bond donors (Lipinski definition) is 0. The predicted octanol–water partition coefficient (Wildman–Crippen LogP) is 10.9. The van der Waals surface area contributed by atoms with Crippen LogP contribution in [0.25, 0.3) is 66.4 Å². The fraction of sp³-hybridized carbons (Fsp3) is 0.140. The van der Waals surface area contributed by atoms with Crippen molar-refractivity contribution in [2.75, 3.05) is 0 Å². The standard InChI is InChI=1S/C43H32O2/c1-42(2)35-11-7-5-9-29(35)31-17-13-25(21-37(31)42)27-15-19-33-39(23-27)45-40-24-28(16-20-34(40)41(33)44)26-14-18-32-30-10-6-8-12-36(30)43(3,4)38(32)22-26/h5-24H,1-4H3. The first-order chi connectivity index (χ1) is 21.7. The maximum Gasteiger partial charge on any atom is 0.200 e. The van der Waals surface area contributed by atoms with Gasteiger partial charge in [-0.2, -0.15) is 0 Å². The summed E-state index contributed by atoms with van der Waals surface area (Å²) in [5, 5.41) is 1.20. The van der Waals surface area contributed by atoms with Crippen LogP contribution < -0.4 is 5.43 Å². The molecule has 2 aliphatic carbocycles. The van der Waals surface area contributed by atoms with Crippen molar-refractivity contribution in [1.82, 2.24) is 0 Å². The molecule has 0 fully saturated rings. The maximum absolute atomic E-state index is 13.7. The molecule has 0 unspecified atom stereocenters. The van der Waals surface area contributed by atoms with Crippen molar-refractivity contribution < 1.29 is 4.42 Å². The SMILES string of the molecule is CC1(C)c2ccccc2-c2ccc(-c3ccc4c(=O)c5ccc(-c6ccc7c(c6)C(C)(C)c6ccccc6-7)cc5oc4c3)cc21. The van der Waals surface area contributed by atoms with Crippen LogP contribution in [-0.2, 0) is 10.8 Å². The normalized spacial score (nSPS) is 15.1. The van der Waals surface area contributed by atoms with E-state index in [1.165, 1.54) is 44.5 Å². The Hall–Kier alpha value is -5.21. The van der Waals surface area contributed by atoms with E-state index in [2.05, 4.69) is 113 Å². The fourth-order valence-electron chi connectivity index (χ4n) is 7.98. The quantitative estimate of drug-likeness (QED) is 0.190. The van der Waals surface area contributed by atoms with Crippen molar-refractivity contribution >= 4 is 21.9 Å². The van der Waals surface area contributed by atoms with Crippen LogP contribution in [0.2, 0.25) is 0 Å². The Morgan fingerprint density at radius 1 is 0.422 bits per heavy atom. The van der Waals surface area contributed by atoms with Crippen LogP contribution in [0.1, 0.15) is 49.9 Å². The van der Waals surface area contributed by atoms with Crippen LogP contribution in [-0.4, -0.2) is 0 Å². The van der Waals surface area contributed by atoms with E-state index in [1.807, 2.05) is 36.4 Å². The average molecular weight is 581 g/mol. The van der Waals surface area contributed by atoms with E-state index in [9.17, 15) is 4.79 Å². The molecule has 45 heavy (non-hydrogen) atoms. The molecule has 0 atom stereocenters. The molecule has 0 aliphatic heterocycles.